The molecule has 4 aliphatic carbocycles. The Labute approximate surface area is 211 Å². The number of carbonyl (C=O) groups excluding carboxylic acids is 2. The molecule has 4 fully saturated rings. The number of anilines is 1. The van der Waals surface area contributed by atoms with E-state index in [2.05, 4.69) is 36.4 Å². The first kappa shape index (κ1) is 22.5. The molecule has 0 saturated heterocycles. The van der Waals surface area contributed by atoms with E-state index in [4.69, 9.17) is 4.74 Å². The normalized spacial score (nSPS) is 28.7. The highest BCUT2D eigenvalue weighted by Crippen LogP contribution is 2.64. The zero-order valence-corrected chi connectivity index (χ0v) is 21.1. The maximum absolute atomic E-state index is 13.7. The number of rotatable bonds is 6. The molecule has 0 spiro atoms. The van der Waals surface area contributed by atoms with Gasteiger partial charge in [-0.2, -0.15) is 5.10 Å². The summed E-state index contributed by atoms with van der Waals surface area (Å²) >= 11 is 3.38. The molecule has 4 saturated carbocycles. The Morgan fingerprint density at radius 2 is 1.97 bits per heavy atom. The van der Waals surface area contributed by atoms with Crippen LogP contribution < -0.4 is 5.32 Å². The van der Waals surface area contributed by atoms with Crippen molar-refractivity contribution in [3.05, 3.63) is 58.8 Å². The van der Waals surface area contributed by atoms with Gasteiger partial charge in [0.1, 0.15) is 6.33 Å². The van der Waals surface area contributed by atoms with Gasteiger partial charge in [0.25, 0.3) is 0 Å². The van der Waals surface area contributed by atoms with Crippen LogP contribution in [0.25, 0.3) is 0 Å². The van der Waals surface area contributed by atoms with Crippen LogP contribution in [0, 0.1) is 17.3 Å². The lowest BCUT2D eigenvalue weighted by molar-refractivity contribution is -0.150. The van der Waals surface area contributed by atoms with Gasteiger partial charge in [0.15, 0.2) is 0 Å². The number of ether oxygens (including phenoxy) is 1. The van der Waals surface area contributed by atoms with E-state index >= 15 is 0 Å². The molecule has 2 unspecified atom stereocenters. The molecule has 182 valence electrons. The SMILES string of the molecule is COC(=O)c1ccccc1Cn1cc(NC(=O)C23CC4CC(C2)CC(n2cnc(Br)n2)(C4)C3)cn1. The summed E-state index contributed by atoms with van der Waals surface area (Å²) < 4.78 is 9.22. The Balaban J connectivity index is 1.21. The standard InChI is InChI=1S/C25H27BrN6O3/c1-35-21(33)20-5-3-2-4-18(20)12-31-13-19(11-28-31)29-22(34)24-7-16-6-17(8-24)10-25(9-16,14-24)32-15-27-23(26)30-32/h2-5,11,13,15-17H,6-10,12,14H2,1H3,(H,29,34). The summed E-state index contributed by atoms with van der Waals surface area (Å²) in [5.74, 6) is 0.756. The second-order valence-corrected chi connectivity index (χ2v) is 11.2. The fraction of sp³-hybridized carbons (Fsp3) is 0.480. The van der Waals surface area contributed by atoms with Gasteiger partial charge in [-0.3, -0.25) is 9.48 Å². The lowest BCUT2D eigenvalue weighted by Gasteiger charge is -2.60. The minimum absolute atomic E-state index is 0.0738. The number of hydrogen-bond donors (Lipinski definition) is 1. The predicted octanol–water partition coefficient (Wildman–Crippen LogP) is 4.01. The van der Waals surface area contributed by atoms with Gasteiger partial charge in [-0.1, -0.05) is 18.2 Å². The second kappa shape index (κ2) is 8.29. The first-order valence-electron chi connectivity index (χ1n) is 12.0. The van der Waals surface area contributed by atoms with Crippen LogP contribution in [-0.2, 0) is 21.6 Å². The van der Waals surface area contributed by atoms with Crippen molar-refractivity contribution < 1.29 is 14.3 Å². The van der Waals surface area contributed by atoms with Gasteiger partial charge in [0, 0.05) is 6.20 Å². The molecule has 4 bridgehead atoms. The smallest absolute Gasteiger partial charge is 0.338 e. The molecule has 0 aliphatic heterocycles. The van der Waals surface area contributed by atoms with E-state index in [0.29, 0.717) is 34.4 Å². The van der Waals surface area contributed by atoms with Gasteiger partial charge in [0.05, 0.1) is 42.1 Å². The number of nitrogens with one attached hydrogen (secondary N) is 1. The van der Waals surface area contributed by atoms with Crippen molar-refractivity contribution in [1.29, 1.82) is 0 Å². The summed E-state index contributed by atoms with van der Waals surface area (Å²) in [6.45, 7) is 0.403. The van der Waals surface area contributed by atoms with Crippen LogP contribution >= 0.6 is 15.9 Å². The maximum atomic E-state index is 13.7. The molecule has 2 atom stereocenters. The highest BCUT2D eigenvalue weighted by atomic mass is 79.9. The lowest BCUT2D eigenvalue weighted by atomic mass is 9.46. The monoisotopic (exact) mass is 538 g/mol. The first-order valence-corrected chi connectivity index (χ1v) is 12.8. The molecular formula is C25H27BrN6O3. The van der Waals surface area contributed by atoms with Crippen molar-refractivity contribution in [2.24, 2.45) is 17.3 Å². The molecule has 1 amide bonds. The van der Waals surface area contributed by atoms with Gasteiger partial charge in [-0.25, -0.2) is 14.5 Å². The van der Waals surface area contributed by atoms with Gasteiger partial charge in [-0.15, -0.1) is 5.10 Å². The molecule has 4 aliphatic rings. The number of halogens is 1. The van der Waals surface area contributed by atoms with Gasteiger partial charge in [0.2, 0.25) is 10.6 Å². The molecule has 35 heavy (non-hydrogen) atoms. The van der Waals surface area contributed by atoms with Crippen LogP contribution in [0.15, 0.2) is 47.7 Å². The predicted molar refractivity (Wildman–Crippen MR) is 131 cm³/mol. The molecule has 3 aromatic rings. The van der Waals surface area contributed by atoms with Crippen LogP contribution in [0.1, 0.15) is 54.4 Å². The highest BCUT2D eigenvalue weighted by Gasteiger charge is 2.61. The van der Waals surface area contributed by atoms with Gasteiger partial charge in [-0.05, 0) is 77.9 Å². The molecule has 0 radical (unpaired) electrons. The third kappa shape index (κ3) is 3.87. The van der Waals surface area contributed by atoms with Crippen molar-refractivity contribution in [2.45, 2.75) is 50.6 Å². The minimum Gasteiger partial charge on any atom is -0.465 e. The summed E-state index contributed by atoms with van der Waals surface area (Å²) in [6, 6.07) is 7.30. The Bertz CT molecular complexity index is 1290. The fourth-order valence-corrected chi connectivity index (χ4v) is 7.40. The highest BCUT2D eigenvalue weighted by molar-refractivity contribution is 9.10. The molecule has 1 N–H and O–H groups in total. The molecule has 9 nitrogen and oxygen atoms in total. The van der Waals surface area contributed by atoms with Crippen molar-refractivity contribution >= 4 is 33.5 Å². The number of benzene rings is 1. The third-order valence-electron chi connectivity index (χ3n) is 8.11. The second-order valence-electron chi connectivity index (χ2n) is 10.5. The summed E-state index contributed by atoms with van der Waals surface area (Å²) in [5, 5.41) is 12.2. The molecule has 1 aromatic carbocycles. The molecule has 2 heterocycles. The van der Waals surface area contributed by atoms with E-state index in [1.807, 2.05) is 23.0 Å². The number of methoxy groups -OCH3 is 1. The Morgan fingerprint density at radius 1 is 1.20 bits per heavy atom. The maximum Gasteiger partial charge on any atom is 0.338 e. The number of aromatic nitrogens is 5. The fourth-order valence-electron chi connectivity index (χ4n) is 7.14. The number of esters is 1. The van der Waals surface area contributed by atoms with Crippen LogP contribution in [0.2, 0.25) is 0 Å². The van der Waals surface area contributed by atoms with E-state index in [1.165, 1.54) is 13.5 Å². The zero-order chi connectivity index (χ0) is 24.2. The number of amides is 1. The van der Waals surface area contributed by atoms with Crippen LogP contribution in [0.3, 0.4) is 0 Å². The van der Waals surface area contributed by atoms with Crippen LogP contribution in [0.4, 0.5) is 5.69 Å². The number of carbonyl (C=O) groups is 2. The molecule has 7 rings (SSSR count). The topological polar surface area (TPSA) is 104 Å². The van der Waals surface area contributed by atoms with E-state index in [-0.39, 0.29) is 17.4 Å². The summed E-state index contributed by atoms with van der Waals surface area (Å²) in [7, 11) is 1.37. The quantitative estimate of drug-likeness (QED) is 0.475. The average Bonchev–Trinajstić information content (AvgIpc) is 3.47. The van der Waals surface area contributed by atoms with E-state index < -0.39 is 5.41 Å². The van der Waals surface area contributed by atoms with Crippen molar-refractivity contribution in [2.75, 3.05) is 12.4 Å². The minimum atomic E-state index is -0.401. The molecule has 10 heteroatoms. The average molecular weight is 539 g/mol. The summed E-state index contributed by atoms with van der Waals surface area (Å²) in [6.07, 6.45) is 11.2. The van der Waals surface area contributed by atoms with E-state index in [0.717, 1.165) is 37.7 Å². The molecule has 2 aromatic heterocycles. The number of hydrogen-bond acceptors (Lipinski definition) is 6. The van der Waals surface area contributed by atoms with E-state index in [1.54, 1.807) is 29.3 Å². The molecular weight excluding hydrogens is 512 g/mol. The lowest BCUT2D eigenvalue weighted by Crippen LogP contribution is -2.60. The third-order valence-corrected chi connectivity index (χ3v) is 8.47. The van der Waals surface area contributed by atoms with Crippen LogP contribution in [0.5, 0.6) is 0 Å². The Morgan fingerprint density at radius 3 is 2.69 bits per heavy atom. The Kier molecular flexibility index (Phi) is 5.32. The Hall–Kier alpha value is -3.01. The largest absolute Gasteiger partial charge is 0.465 e. The first-order chi connectivity index (χ1) is 16.9. The number of nitrogens with zero attached hydrogens (tertiary/aromatic N) is 5. The van der Waals surface area contributed by atoms with Crippen molar-refractivity contribution in [1.82, 2.24) is 24.5 Å². The van der Waals surface area contributed by atoms with Crippen molar-refractivity contribution in [3.63, 3.8) is 0 Å². The van der Waals surface area contributed by atoms with Crippen molar-refractivity contribution in [3.8, 4) is 0 Å². The van der Waals surface area contributed by atoms with Crippen LogP contribution in [-0.4, -0.2) is 43.5 Å². The zero-order valence-electron chi connectivity index (χ0n) is 19.5. The van der Waals surface area contributed by atoms with E-state index in [9.17, 15) is 9.59 Å². The summed E-state index contributed by atoms with van der Waals surface area (Å²) in [5.41, 5.74) is 1.44. The summed E-state index contributed by atoms with van der Waals surface area (Å²) in [4.78, 5) is 30.1. The van der Waals surface area contributed by atoms with Gasteiger partial charge < -0.3 is 10.1 Å². The van der Waals surface area contributed by atoms with Gasteiger partial charge >= 0.3 is 5.97 Å².